The molecule has 0 bridgehead atoms. The van der Waals surface area contributed by atoms with Crippen molar-refractivity contribution in [2.45, 2.75) is 6.92 Å². The predicted octanol–water partition coefficient (Wildman–Crippen LogP) is 3.36. The fourth-order valence-corrected chi connectivity index (χ4v) is 2.91. The highest BCUT2D eigenvalue weighted by atomic mass is 16.5. The van der Waals surface area contributed by atoms with Gasteiger partial charge in [-0.15, -0.1) is 0 Å². The van der Waals surface area contributed by atoms with Crippen LogP contribution in [-0.4, -0.2) is 44.8 Å². The first-order valence-corrected chi connectivity index (χ1v) is 9.09. The molecule has 0 radical (unpaired) electrons. The lowest BCUT2D eigenvalue weighted by atomic mass is 10.1. The number of amides is 1. The first-order valence-electron chi connectivity index (χ1n) is 9.09. The molecule has 8 heteroatoms. The monoisotopic (exact) mass is 410 g/mol. The lowest BCUT2D eigenvalue weighted by molar-refractivity contribution is -0.118. The third-order valence-corrected chi connectivity index (χ3v) is 4.33. The van der Waals surface area contributed by atoms with Gasteiger partial charge in [0.05, 0.1) is 26.8 Å². The maximum atomic E-state index is 12.3. The normalized spacial score (nSPS) is 10.4. The lowest BCUT2D eigenvalue weighted by Gasteiger charge is -2.14. The van der Waals surface area contributed by atoms with Crippen LogP contribution < -0.4 is 19.5 Å². The molecule has 0 aliphatic carbocycles. The van der Waals surface area contributed by atoms with E-state index in [9.17, 15) is 9.59 Å². The second kappa shape index (κ2) is 9.13. The van der Waals surface area contributed by atoms with E-state index >= 15 is 0 Å². The largest absolute Gasteiger partial charge is 0.493 e. The summed E-state index contributed by atoms with van der Waals surface area (Å²) in [5.41, 5.74) is 2.18. The molecule has 0 fully saturated rings. The zero-order valence-electron chi connectivity index (χ0n) is 17.1. The molecule has 1 heterocycles. The number of ether oxygens (including phenoxy) is 4. The van der Waals surface area contributed by atoms with Crippen LogP contribution in [0.25, 0.3) is 10.9 Å². The summed E-state index contributed by atoms with van der Waals surface area (Å²) >= 11 is 0. The number of anilines is 1. The van der Waals surface area contributed by atoms with Gasteiger partial charge in [-0.2, -0.15) is 0 Å². The molecule has 1 amide bonds. The van der Waals surface area contributed by atoms with Crippen molar-refractivity contribution in [1.29, 1.82) is 0 Å². The molecule has 0 saturated carbocycles. The molecule has 0 spiro atoms. The summed E-state index contributed by atoms with van der Waals surface area (Å²) in [4.78, 5) is 28.7. The van der Waals surface area contributed by atoms with Crippen LogP contribution in [0, 0.1) is 6.92 Å². The molecule has 0 aliphatic rings. The Morgan fingerprint density at radius 2 is 1.70 bits per heavy atom. The number of hydrogen-bond donors (Lipinski definition) is 1. The Morgan fingerprint density at radius 3 is 2.37 bits per heavy atom. The Balaban J connectivity index is 1.92. The Morgan fingerprint density at radius 1 is 0.967 bits per heavy atom. The Bertz CT molecular complexity index is 1100. The van der Waals surface area contributed by atoms with E-state index in [1.807, 2.05) is 25.1 Å². The molecule has 1 N–H and O–H groups in total. The van der Waals surface area contributed by atoms with E-state index in [1.54, 1.807) is 18.2 Å². The number of esters is 1. The van der Waals surface area contributed by atoms with Crippen molar-refractivity contribution in [3.63, 3.8) is 0 Å². The van der Waals surface area contributed by atoms with Gasteiger partial charge in [0.2, 0.25) is 0 Å². The molecule has 3 aromatic rings. The standard InChI is InChI=1S/C22H22N2O6/c1-13-6-5-7-14(8-13)23-21(25)12-30-18-11-17(22(26)29-4)24-16-10-20(28-3)19(27-2)9-15(16)18/h5-11H,12H2,1-4H3,(H,23,25). The smallest absolute Gasteiger partial charge is 0.356 e. The number of carbonyl (C=O) groups is 2. The van der Waals surface area contributed by atoms with Gasteiger partial charge in [-0.25, -0.2) is 9.78 Å². The van der Waals surface area contributed by atoms with Crippen molar-refractivity contribution in [2.75, 3.05) is 33.3 Å². The fourth-order valence-electron chi connectivity index (χ4n) is 2.91. The van der Waals surface area contributed by atoms with Crippen molar-refractivity contribution in [2.24, 2.45) is 0 Å². The predicted molar refractivity (Wildman–Crippen MR) is 111 cm³/mol. The lowest BCUT2D eigenvalue weighted by Crippen LogP contribution is -2.20. The number of benzene rings is 2. The van der Waals surface area contributed by atoms with E-state index in [0.717, 1.165) is 5.56 Å². The topological polar surface area (TPSA) is 96.0 Å². The number of aryl methyl sites for hydroxylation is 1. The van der Waals surface area contributed by atoms with Gasteiger partial charge in [-0.1, -0.05) is 12.1 Å². The van der Waals surface area contributed by atoms with Crippen molar-refractivity contribution < 1.29 is 28.5 Å². The number of rotatable bonds is 7. The molecule has 156 valence electrons. The highest BCUT2D eigenvalue weighted by Gasteiger charge is 2.17. The minimum Gasteiger partial charge on any atom is -0.493 e. The summed E-state index contributed by atoms with van der Waals surface area (Å²) in [6, 6.07) is 12.2. The van der Waals surface area contributed by atoms with E-state index in [4.69, 9.17) is 18.9 Å². The summed E-state index contributed by atoms with van der Waals surface area (Å²) in [5.74, 6) is 0.237. The Hall–Kier alpha value is -3.81. The van der Waals surface area contributed by atoms with E-state index in [1.165, 1.54) is 27.4 Å². The molecule has 30 heavy (non-hydrogen) atoms. The van der Waals surface area contributed by atoms with Crippen LogP contribution in [0.2, 0.25) is 0 Å². The quantitative estimate of drug-likeness (QED) is 0.597. The molecule has 0 atom stereocenters. The first-order chi connectivity index (χ1) is 14.4. The molecule has 0 unspecified atom stereocenters. The van der Waals surface area contributed by atoms with Crippen molar-refractivity contribution >= 4 is 28.5 Å². The average molecular weight is 410 g/mol. The highest BCUT2D eigenvalue weighted by Crippen LogP contribution is 2.36. The van der Waals surface area contributed by atoms with Gasteiger partial charge in [0.15, 0.2) is 23.8 Å². The van der Waals surface area contributed by atoms with Gasteiger partial charge in [0.25, 0.3) is 5.91 Å². The van der Waals surface area contributed by atoms with Crippen LogP contribution in [-0.2, 0) is 9.53 Å². The van der Waals surface area contributed by atoms with Crippen LogP contribution in [0.15, 0.2) is 42.5 Å². The number of fused-ring (bicyclic) bond motifs is 1. The van der Waals surface area contributed by atoms with Crippen molar-refractivity contribution in [3.05, 3.63) is 53.7 Å². The van der Waals surface area contributed by atoms with Gasteiger partial charge in [0.1, 0.15) is 5.75 Å². The summed E-state index contributed by atoms with van der Waals surface area (Å²) in [6.45, 7) is 1.67. The van der Waals surface area contributed by atoms with Gasteiger partial charge in [-0.05, 0) is 30.7 Å². The number of nitrogens with zero attached hydrogens (tertiary/aromatic N) is 1. The number of hydrogen-bond acceptors (Lipinski definition) is 7. The number of nitrogens with one attached hydrogen (secondary N) is 1. The third-order valence-electron chi connectivity index (χ3n) is 4.33. The summed E-state index contributed by atoms with van der Waals surface area (Å²) in [5, 5.41) is 3.33. The average Bonchev–Trinajstić information content (AvgIpc) is 2.75. The SMILES string of the molecule is COC(=O)c1cc(OCC(=O)Nc2cccc(C)c2)c2cc(OC)c(OC)cc2n1. The van der Waals surface area contributed by atoms with Gasteiger partial charge >= 0.3 is 5.97 Å². The van der Waals surface area contributed by atoms with Gasteiger partial charge < -0.3 is 24.3 Å². The van der Waals surface area contributed by atoms with E-state index in [0.29, 0.717) is 33.8 Å². The third kappa shape index (κ3) is 4.60. The number of aromatic nitrogens is 1. The minimum atomic E-state index is -0.624. The Labute approximate surface area is 173 Å². The zero-order valence-corrected chi connectivity index (χ0v) is 17.1. The molecular formula is C22H22N2O6. The van der Waals surface area contributed by atoms with E-state index in [2.05, 4.69) is 10.3 Å². The second-order valence-corrected chi connectivity index (χ2v) is 6.43. The summed E-state index contributed by atoms with van der Waals surface area (Å²) in [6.07, 6.45) is 0. The van der Waals surface area contributed by atoms with Gasteiger partial charge in [-0.3, -0.25) is 4.79 Å². The number of pyridine rings is 1. The van der Waals surface area contributed by atoms with Crippen LogP contribution >= 0.6 is 0 Å². The van der Waals surface area contributed by atoms with E-state index in [-0.39, 0.29) is 18.2 Å². The maximum absolute atomic E-state index is 12.3. The van der Waals surface area contributed by atoms with Crippen LogP contribution in [0.4, 0.5) is 5.69 Å². The number of carbonyl (C=O) groups excluding carboxylic acids is 2. The molecule has 8 nitrogen and oxygen atoms in total. The van der Waals surface area contributed by atoms with Crippen molar-refractivity contribution in [3.8, 4) is 17.2 Å². The summed E-state index contributed by atoms with van der Waals surface area (Å²) < 4.78 is 21.1. The van der Waals surface area contributed by atoms with Gasteiger partial charge in [0, 0.05) is 23.2 Å². The minimum absolute atomic E-state index is 0.0475. The highest BCUT2D eigenvalue weighted by molar-refractivity contribution is 5.96. The molecule has 0 aliphatic heterocycles. The molecule has 1 aromatic heterocycles. The molecule has 2 aromatic carbocycles. The first kappa shape index (κ1) is 20.9. The second-order valence-electron chi connectivity index (χ2n) is 6.43. The van der Waals surface area contributed by atoms with E-state index < -0.39 is 5.97 Å². The van der Waals surface area contributed by atoms with Crippen LogP contribution in [0.5, 0.6) is 17.2 Å². The van der Waals surface area contributed by atoms with Crippen molar-refractivity contribution in [1.82, 2.24) is 4.98 Å². The van der Waals surface area contributed by atoms with Crippen LogP contribution in [0.3, 0.4) is 0 Å². The Kier molecular flexibility index (Phi) is 6.36. The van der Waals surface area contributed by atoms with Crippen LogP contribution in [0.1, 0.15) is 16.1 Å². The fraction of sp³-hybridized carbons (Fsp3) is 0.227. The molecule has 3 rings (SSSR count). The maximum Gasteiger partial charge on any atom is 0.356 e. The molecular weight excluding hydrogens is 388 g/mol. The number of methoxy groups -OCH3 is 3. The summed E-state index contributed by atoms with van der Waals surface area (Å²) in [7, 11) is 4.27. The zero-order chi connectivity index (χ0) is 21.7. The molecule has 0 saturated heterocycles.